The zero-order valence-corrected chi connectivity index (χ0v) is 11.2. The predicted octanol–water partition coefficient (Wildman–Crippen LogP) is 3.18. The van der Waals surface area contributed by atoms with Crippen molar-refractivity contribution in [3.8, 4) is 0 Å². The van der Waals surface area contributed by atoms with E-state index in [4.69, 9.17) is 15.3 Å². The molecule has 4 nitrogen and oxygen atoms in total. The summed E-state index contributed by atoms with van der Waals surface area (Å²) in [6, 6.07) is 0.584. The van der Waals surface area contributed by atoms with Crippen LogP contribution in [0.2, 0.25) is 0 Å². The summed E-state index contributed by atoms with van der Waals surface area (Å²) in [5.41, 5.74) is 0. The van der Waals surface area contributed by atoms with Crippen molar-refractivity contribution in [2.75, 3.05) is 0 Å². The Balaban J connectivity index is 0.000000399. The highest BCUT2D eigenvalue weighted by Crippen LogP contribution is 2.19. The fourth-order valence-corrected chi connectivity index (χ4v) is 1.92. The summed E-state index contributed by atoms with van der Waals surface area (Å²) in [4.78, 5) is 8.90. The molecular weight excluding hydrogens is 261 g/mol. The van der Waals surface area contributed by atoms with Gasteiger partial charge in [0.2, 0.25) is 0 Å². The topological polar surface area (TPSA) is 73.2 Å². The average Bonchev–Trinajstić information content (AvgIpc) is 2.24. The highest BCUT2D eigenvalue weighted by Gasteiger charge is 2.38. The van der Waals surface area contributed by atoms with Crippen molar-refractivity contribution in [2.24, 2.45) is 5.92 Å². The fourth-order valence-electron chi connectivity index (χ4n) is 1.92. The maximum absolute atomic E-state index is 10.6. The van der Waals surface area contributed by atoms with E-state index < -0.39 is 12.1 Å². The van der Waals surface area contributed by atoms with Gasteiger partial charge in [-0.05, 0) is 18.8 Å². The Labute approximate surface area is 110 Å². The molecule has 19 heavy (non-hydrogen) atoms. The zero-order valence-electron chi connectivity index (χ0n) is 11.2. The Hall–Kier alpha value is -1.27. The second-order valence-electron chi connectivity index (χ2n) is 4.81. The van der Waals surface area contributed by atoms with Crippen molar-refractivity contribution in [1.29, 1.82) is 5.41 Å². The predicted molar refractivity (Wildman–Crippen MR) is 66.3 cm³/mol. The first kappa shape index (κ1) is 17.7. The third kappa shape index (κ3) is 8.45. The fraction of sp³-hybridized carbons (Fsp3) is 0.833. The van der Waals surface area contributed by atoms with Gasteiger partial charge in [-0.15, -0.1) is 0 Å². The Morgan fingerprint density at radius 1 is 1.53 bits per heavy atom. The lowest BCUT2D eigenvalue weighted by molar-refractivity contribution is -0.192. The molecule has 1 aliphatic rings. The minimum atomic E-state index is -5.08. The molecule has 0 spiro atoms. The van der Waals surface area contributed by atoms with Crippen LogP contribution in [0.15, 0.2) is 0 Å². The van der Waals surface area contributed by atoms with Gasteiger partial charge in [0.1, 0.15) is 0 Å². The van der Waals surface area contributed by atoms with Gasteiger partial charge in [-0.25, -0.2) is 4.79 Å². The van der Waals surface area contributed by atoms with Crippen LogP contribution in [0, 0.1) is 11.3 Å². The van der Waals surface area contributed by atoms with Crippen molar-refractivity contribution in [1.82, 2.24) is 5.32 Å². The third-order valence-electron chi connectivity index (χ3n) is 2.77. The highest BCUT2D eigenvalue weighted by molar-refractivity contribution is 5.80. The molecule has 0 saturated carbocycles. The van der Waals surface area contributed by atoms with Gasteiger partial charge in [-0.2, -0.15) is 13.2 Å². The van der Waals surface area contributed by atoms with Crippen LogP contribution in [0.25, 0.3) is 0 Å². The number of aliphatic carboxylic acids is 1. The Kier molecular flexibility index (Phi) is 7.48. The van der Waals surface area contributed by atoms with E-state index >= 15 is 0 Å². The molecule has 0 aromatic carbocycles. The summed E-state index contributed by atoms with van der Waals surface area (Å²) >= 11 is 0. The van der Waals surface area contributed by atoms with E-state index in [-0.39, 0.29) is 0 Å². The summed E-state index contributed by atoms with van der Waals surface area (Å²) < 4.78 is 31.7. The molecule has 0 aromatic heterocycles. The monoisotopic (exact) mass is 282 g/mol. The van der Waals surface area contributed by atoms with Gasteiger partial charge in [0.05, 0.1) is 5.84 Å². The number of unbranched alkanes of at least 4 members (excludes halogenated alkanes) is 1. The molecule has 0 radical (unpaired) electrons. The lowest BCUT2D eigenvalue weighted by Gasteiger charge is -2.29. The van der Waals surface area contributed by atoms with E-state index in [0.717, 1.165) is 12.3 Å². The number of alkyl halides is 3. The summed E-state index contributed by atoms with van der Waals surface area (Å²) in [6.45, 7) is 4.46. The maximum atomic E-state index is 10.6. The molecule has 2 unspecified atom stereocenters. The minimum Gasteiger partial charge on any atom is -0.475 e. The molecule has 2 atom stereocenters. The molecule has 1 heterocycles. The van der Waals surface area contributed by atoms with Gasteiger partial charge in [0.15, 0.2) is 0 Å². The molecule has 112 valence electrons. The molecule has 1 aliphatic heterocycles. The van der Waals surface area contributed by atoms with E-state index in [9.17, 15) is 13.2 Å². The molecule has 0 bridgehead atoms. The maximum Gasteiger partial charge on any atom is 0.490 e. The molecular formula is C12H21F3N2O2. The number of amidine groups is 1. The van der Waals surface area contributed by atoms with Crippen LogP contribution in [0.4, 0.5) is 13.2 Å². The van der Waals surface area contributed by atoms with E-state index in [2.05, 4.69) is 19.2 Å². The summed E-state index contributed by atoms with van der Waals surface area (Å²) in [5, 5.41) is 18.0. The molecule has 1 fully saturated rings. The van der Waals surface area contributed by atoms with E-state index in [1.165, 1.54) is 25.7 Å². The number of carboxylic acid groups (broad SMARTS) is 1. The van der Waals surface area contributed by atoms with Gasteiger partial charge >= 0.3 is 12.1 Å². The zero-order chi connectivity index (χ0) is 15.1. The Morgan fingerprint density at radius 3 is 2.42 bits per heavy atom. The molecule has 1 rings (SSSR count). The van der Waals surface area contributed by atoms with Crippen molar-refractivity contribution in [3.05, 3.63) is 0 Å². The average molecular weight is 282 g/mol. The summed E-state index contributed by atoms with van der Waals surface area (Å²) in [6.07, 6.45) is 0.909. The van der Waals surface area contributed by atoms with Gasteiger partial charge in [-0.3, -0.25) is 5.41 Å². The van der Waals surface area contributed by atoms with Crippen molar-refractivity contribution >= 4 is 11.8 Å². The second-order valence-corrected chi connectivity index (χ2v) is 4.81. The van der Waals surface area contributed by atoms with E-state index in [0.29, 0.717) is 12.0 Å². The largest absolute Gasteiger partial charge is 0.490 e. The van der Waals surface area contributed by atoms with E-state index in [1.54, 1.807) is 0 Å². The number of halogens is 3. The van der Waals surface area contributed by atoms with Gasteiger partial charge in [-0.1, -0.05) is 26.7 Å². The van der Waals surface area contributed by atoms with Gasteiger partial charge in [0.25, 0.3) is 0 Å². The smallest absolute Gasteiger partial charge is 0.475 e. The Morgan fingerprint density at radius 2 is 2.05 bits per heavy atom. The quantitative estimate of drug-likeness (QED) is 0.744. The minimum absolute atomic E-state index is 0.584. The van der Waals surface area contributed by atoms with Crippen LogP contribution in [-0.4, -0.2) is 29.1 Å². The second kappa shape index (κ2) is 8.01. The van der Waals surface area contributed by atoms with Gasteiger partial charge < -0.3 is 10.4 Å². The molecule has 0 amide bonds. The molecule has 1 saturated heterocycles. The highest BCUT2D eigenvalue weighted by atomic mass is 19.4. The number of carboxylic acids is 1. The normalized spacial score (nSPS) is 23.1. The van der Waals surface area contributed by atoms with Crippen LogP contribution in [0.5, 0.6) is 0 Å². The van der Waals surface area contributed by atoms with Crippen LogP contribution in [0.1, 0.15) is 46.0 Å². The van der Waals surface area contributed by atoms with Gasteiger partial charge in [0, 0.05) is 12.5 Å². The van der Waals surface area contributed by atoms with Crippen molar-refractivity contribution in [2.45, 2.75) is 58.2 Å². The molecule has 7 heteroatoms. The van der Waals surface area contributed by atoms with E-state index in [1.807, 2.05) is 0 Å². The number of hydrogen-bond donors (Lipinski definition) is 3. The number of piperidine rings is 1. The molecule has 3 N–H and O–H groups in total. The summed E-state index contributed by atoms with van der Waals surface area (Å²) in [7, 11) is 0. The first-order valence-corrected chi connectivity index (χ1v) is 6.30. The van der Waals surface area contributed by atoms with Crippen LogP contribution in [0.3, 0.4) is 0 Å². The summed E-state index contributed by atoms with van der Waals surface area (Å²) in [5.74, 6) is -1.30. The lowest BCUT2D eigenvalue weighted by Crippen LogP contribution is -2.41. The molecule has 0 aromatic rings. The number of rotatable bonds is 3. The number of hydrogen-bond acceptors (Lipinski definition) is 2. The standard InChI is InChI=1S/C10H20N2.C2HF3O2/c1-3-4-5-9-6-8(2)7-10(11)12-9;3-2(4,5)1(6)7/h8-9H,3-7H2,1-2H3,(H2,11,12);(H,6,7). The Bertz CT molecular complexity index is 306. The molecule has 0 aliphatic carbocycles. The first-order chi connectivity index (χ1) is 8.66. The third-order valence-corrected chi connectivity index (χ3v) is 2.77. The van der Waals surface area contributed by atoms with Crippen molar-refractivity contribution < 1.29 is 23.1 Å². The van der Waals surface area contributed by atoms with Crippen LogP contribution < -0.4 is 5.32 Å². The van der Waals surface area contributed by atoms with Crippen LogP contribution >= 0.6 is 0 Å². The SMILES string of the molecule is CCCCC1CC(C)CC(=N)N1.O=C(O)C(F)(F)F. The van der Waals surface area contributed by atoms with Crippen LogP contribution in [-0.2, 0) is 4.79 Å². The number of carbonyl (C=O) groups is 1. The first-order valence-electron chi connectivity index (χ1n) is 6.30. The van der Waals surface area contributed by atoms with Crippen molar-refractivity contribution in [3.63, 3.8) is 0 Å². The lowest BCUT2D eigenvalue weighted by atomic mass is 9.91. The number of nitrogens with one attached hydrogen (secondary N) is 2.